The lowest BCUT2D eigenvalue weighted by molar-refractivity contribution is 0.282. The van der Waals surface area contributed by atoms with Crippen molar-refractivity contribution in [3.63, 3.8) is 0 Å². The zero-order valence-electron chi connectivity index (χ0n) is 4.53. The molecule has 0 atom stereocenters. The van der Waals surface area contributed by atoms with Crippen LogP contribution in [0.5, 0.6) is 0 Å². The van der Waals surface area contributed by atoms with Crippen LogP contribution in [0.1, 0.15) is 0 Å². The highest BCUT2D eigenvalue weighted by Gasteiger charge is 1.92. The Bertz CT molecular complexity index is 147. The highest BCUT2D eigenvalue weighted by molar-refractivity contribution is 7.14. The number of nitrogens with zero attached hydrogens (tertiary/aromatic N) is 1. The minimum Gasteiger partial charge on any atom is -0.288 e. The molecule has 1 aromatic heterocycles. The van der Waals surface area contributed by atoms with Crippen molar-refractivity contribution >= 4 is 16.3 Å². The molecule has 8 heavy (non-hydrogen) atoms. The van der Waals surface area contributed by atoms with E-state index in [-0.39, 0.29) is 0 Å². The highest BCUT2D eigenvalue weighted by Crippen LogP contribution is 2.16. The molecule has 1 rings (SSSR count). The predicted molar refractivity (Wildman–Crippen MR) is 34.5 cm³/mol. The average Bonchev–Trinajstić information content (AvgIpc) is 2.12. The molecular weight excluding hydrogens is 122 g/mol. The average molecular weight is 129 g/mol. The highest BCUT2D eigenvalue weighted by atomic mass is 32.1. The van der Waals surface area contributed by atoms with Crippen LogP contribution in [0.15, 0.2) is 17.5 Å². The molecule has 1 aromatic rings. The Labute approximate surface area is 51.9 Å². The molecule has 0 fully saturated rings. The number of thiophene rings is 1. The molecule has 44 valence electrons. The Kier molecular flexibility index (Phi) is 1.50. The van der Waals surface area contributed by atoms with E-state index in [0.29, 0.717) is 0 Å². The molecule has 0 aromatic carbocycles. The lowest BCUT2D eigenvalue weighted by Gasteiger charge is -2.03. The van der Waals surface area contributed by atoms with Crippen LogP contribution in [-0.4, -0.2) is 12.3 Å². The first-order valence-electron chi connectivity index (χ1n) is 2.27. The molecular formula is C5H7NOS. The summed E-state index contributed by atoms with van der Waals surface area (Å²) in [5.74, 6) is 0. The van der Waals surface area contributed by atoms with Gasteiger partial charge in [-0.1, -0.05) is 0 Å². The normalized spacial score (nSPS) is 9.25. The van der Waals surface area contributed by atoms with Crippen LogP contribution in [0.4, 0.5) is 5.00 Å². The molecule has 0 amide bonds. The quantitative estimate of drug-likeness (QED) is 0.582. The maximum atomic E-state index is 8.76. The van der Waals surface area contributed by atoms with Gasteiger partial charge in [0.15, 0.2) is 0 Å². The van der Waals surface area contributed by atoms with E-state index in [0.717, 1.165) is 10.1 Å². The molecule has 0 radical (unpaired) electrons. The van der Waals surface area contributed by atoms with Gasteiger partial charge in [-0.3, -0.25) is 10.3 Å². The van der Waals surface area contributed by atoms with Crippen LogP contribution in [0.3, 0.4) is 0 Å². The summed E-state index contributed by atoms with van der Waals surface area (Å²) in [6.07, 6.45) is 0. The van der Waals surface area contributed by atoms with Gasteiger partial charge < -0.3 is 0 Å². The maximum Gasteiger partial charge on any atom is 0.116 e. The first-order chi connectivity index (χ1) is 3.80. The van der Waals surface area contributed by atoms with Crippen molar-refractivity contribution in [1.29, 1.82) is 0 Å². The first kappa shape index (κ1) is 5.59. The molecule has 0 aliphatic carbocycles. The van der Waals surface area contributed by atoms with Gasteiger partial charge >= 0.3 is 0 Å². The molecule has 0 spiro atoms. The Hall–Kier alpha value is -0.540. The Morgan fingerprint density at radius 1 is 1.75 bits per heavy atom. The number of anilines is 1. The van der Waals surface area contributed by atoms with E-state index in [4.69, 9.17) is 5.21 Å². The fourth-order valence-electron chi connectivity index (χ4n) is 0.454. The van der Waals surface area contributed by atoms with Gasteiger partial charge in [0.1, 0.15) is 5.00 Å². The molecule has 0 saturated heterocycles. The molecule has 0 bridgehead atoms. The van der Waals surface area contributed by atoms with Gasteiger partial charge in [0.25, 0.3) is 0 Å². The summed E-state index contributed by atoms with van der Waals surface area (Å²) in [4.78, 5) is 0. The number of hydrogen-bond acceptors (Lipinski definition) is 3. The summed E-state index contributed by atoms with van der Waals surface area (Å²) in [5, 5.41) is 12.6. The van der Waals surface area contributed by atoms with Gasteiger partial charge in [-0.05, 0) is 17.5 Å². The smallest absolute Gasteiger partial charge is 0.116 e. The third kappa shape index (κ3) is 0.993. The zero-order chi connectivity index (χ0) is 5.98. The Morgan fingerprint density at radius 3 is 2.75 bits per heavy atom. The number of hydroxylamine groups is 1. The van der Waals surface area contributed by atoms with Gasteiger partial charge in [0, 0.05) is 7.05 Å². The second-order valence-corrected chi connectivity index (χ2v) is 2.40. The second-order valence-electron chi connectivity index (χ2n) is 1.47. The van der Waals surface area contributed by atoms with Crippen LogP contribution in [0.25, 0.3) is 0 Å². The van der Waals surface area contributed by atoms with E-state index < -0.39 is 0 Å². The fraction of sp³-hybridized carbons (Fsp3) is 0.200. The minimum atomic E-state index is 0.866. The summed E-state index contributed by atoms with van der Waals surface area (Å²) in [7, 11) is 1.60. The summed E-state index contributed by atoms with van der Waals surface area (Å²) in [5.41, 5.74) is 0. The van der Waals surface area contributed by atoms with E-state index in [1.165, 1.54) is 11.3 Å². The molecule has 1 N–H and O–H groups in total. The van der Waals surface area contributed by atoms with Gasteiger partial charge in [-0.25, -0.2) is 0 Å². The van der Waals surface area contributed by atoms with Gasteiger partial charge in [-0.15, -0.1) is 11.3 Å². The van der Waals surface area contributed by atoms with E-state index in [1.807, 2.05) is 17.5 Å². The second kappa shape index (κ2) is 2.15. The standard InChI is InChI=1S/C5H7NOS/c1-6(7)5-3-2-4-8-5/h2-4,7H,1H3. The minimum absolute atomic E-state index is 0.866. The van der Waals surface area contributed by atoms with Crippen LogP contribution in [-0.2, 0) is 0 Å². The lowest BCUT2D eigenvalue weighted by Crippen LogP contribution is -2.06. The third-order valence-corrected chi connectivity index (χ3v) is 1.76. The molecule has 0 aliphatic rings. The zero-order valence-corrected chi connectivity index (χ0v) is 5.35. The summed E-state index contributed by atoms with van der Waals surface area (Å²) in [6.45, 7) is 0. The molecule has 2 nitrogen and oxygen atoms in total. The largest absolute Gasteiger partial charge is 0.288 e. The molecule has 0 saturated carbocycles. The third-order valence-electron chi connectivity index (χ3n) is 0.825. The SMILES string of the molecule is CN(O)c1cccs1. The van der Waals surface area contributed by atoms with Crippen LogP contribution >= 0.6 is 11.3 Å². The van der Waals surface area contributed by atoms with Crippen molar-refractivity contribution in [2.45, 2.75) is 0 Å². The van der Waals surface area contributed by atoms with Crippen molar-refractivity contribution in [3.8, 4) is 0 Å². The van der Waals surface area contributed by atoms with Crippen molar-refractivity contribution < 1.29 is 5.21 Å². The Morgan fingerprint density at radius 2 is 2.50 bits per heavy atom. The lowest BCUT2D eigenvalue weighted by atomic mass is 10.6. The van der Waals surface area contributed by atoms with Crippen molar-refractivity contribution in [1.82, 2.24) is 0 Å². The van der Waals surface area contributed by atoms with Crippen molar-refractivity contribution in [3.05, 3.63) is 17.5 Å². The molecule has 1 heterocycles. The van der Waals surface area contributed by atoms with Crippen molar-refractivity contribution in [2.75, 3.05) is 12.1 Å². The predicted octanol–water partition coefficient (Wildman–Crippen LogP) is 1.57. The van der Waals surface area contributed by atoms with E-state index in [9.17, 15) is 0 Å². The van der Waals surface area contributed by atoms with E-state index >= 15 is 0 Å². The number of hydrogen-bond donors (Lipinski definition) is 1. The summed E-state index contributed by atoms with van der Waals surface area (Å²) < 4.78 is 0. The Balaban J connectivity index is 2.77. The molecule has 0 unspecified atom stereocenters. The molecule has 0 aliphatic heterocycles. The van der Waals surface area contributed by atoms with Crippen LogP contribution in [0.2, 0.25) is 0 Å². The van der Waals surface area contributed by atoms with E-state index in [1.54, 1.807) is 7.05 Å². The topological polar surface area (TPSA) is 23.5 Å². The summed E-state index contributed by atoms with van der Waals surface area (Å²) in [6, 6.07) is 3.75. The van der Waals surface area contributed by atoms with Crippen LogP contribution in [0, 0.1) is 0 Å². The van der Waals surface area contributed by atoms with Gasteiger partial charge in [0.2, 0.25) is 0 Å². The fourth-order valence-corrected chi connectivity index (χ4v) is 1.06. The van der Waals surface area contributed by atoms with E-state index in [2.05, 4.69) is 0 Å². The monoisotopic (exact) mass is 129 g/mol. The van der Waals surface area contributed by atoms with Gasteiger partial charge in [-0.2, -0.15) is 0 Å². The summed E-state index contributed by atoms with van der Waals surface area (Å²) >= 11 is 1.51. The van der Waals surface area contributed by atoms with Gasteiger partial charge in [0.05, 0.1) is 0 Å². The van der Waals surface area contributed by atoms with Crippen LogP contribution < -0.4 is 5.06 Å². The maximum absolute atomic E-state index is 8.76. The first-order valence-corrected chi connectivity index (χ1v) is 3.15. The molecule has 3 heteroatoms. The number of rotatable bonds is 1. The van der Waals surface area contributed by atoms with Crippen molar-refractivity contribution in [2.24, 2.45) is 0 Å².